The summed E-state index contributed by atoms with van der Waals surface area (Å²) in [5, 5.41) is 4.75. The van der Waals surface area contributed by atoms with E-state index in [1.807, 2.05) is 103 Å². The third kappa shape index (κ3) is 5.20. The van der Waals surface area contributed by atoms with Crippen molar-refractivity contribution in [1.82, 2.24) is 9.78 Å². The Morgan fingerprint density at radius 2 is 1.33 bits per heavy atom. The zero-order valence-electron chi connectivity index (χ0n) is 19.4. The molecule has 0 atom stereocenters. The molecule has 0 aliphatic rings. The molecule has 0 spiro atoms. The molecule has 1 heterocycles. The summed E-state index contributed by atoms with van der Waals surface area (Å²) in [6.45, 7) is 8.12. The van der Waals surface area contributed by atoms with Crippen LogP contribution >= 0.6 is 11.8 Å². The molecule has 1 aromatic heterocycles. The molecule has 0 unspecified atom stereocenters. The Bertz CT molecular complexity index is 1170. The largest absolute Gasteiger partial charge is 0.406 e. The number of aromatic nitrogens is 2. The molecule has 5 heteroatoms. The van der Waals surface area contributed by atoms with Crippen molar-refractivity contribution in [1.29, 1.82) is 0 Å². The summed E-state index contributed by atoms with van der Waals surface area (Å²) in [5.74, 6) is -0.381. The summed E-state index contributed by atoms with van der Waals surface area (Å²) in [6.07, 6.45) is 0. The summed E-state index contributed by atoms with van der Waals surface area (Å²) < 4.78 is 8.03. The van der Waals surface area contributed by atoms with E-state index in [0.29, 0.717) is 5.88 Å². The number of benzene rings is 3. The normalized spacial score (nSPS) is 11.5. The highest BCUT2D eigenvalue weighted by molar-refractivity contribution is 7.99. The van der Waals surface area contributed by atoms with Gasteiger partial charge < -0.3 is 4.74 Å². The van der Waals surface area contributed by atoms with E-state index in [9.17, 15) is 4.79 Å². The van der Waals surface area contributed by atoms with Crippen molar-refractivity contribution >= 4 is 17.7 Å². The topological polar surface area (TPSA) is 44.1 Å². The van der Waals surface area contributed by atoms with E-state index in [4.69, 9.17) is 9.84 Å². The number of hydrogen-bond donors (Lipinski definition) is 0. The third-order valence-corrected chi connectivity index (χ3v) is 6.44. The molecule has 0 amide bonds. The number of aryl methyl sites for hydroxylation is 1. The second kappa shape index (κ2) is 9.67. The Balaban J connectivity index is 1.77. The maximum absolute atomic E-state index is 13.7. The van der Waals surface area contributed by atoms with Crippen LogP contribution in [-0.2, 0) is 10.3 Å². The van der Waals surface area contributed by atoms with Gasteiger partial charge in [-0.1, -0.05) is 90.6 Å². The van der Waals surface area contributed by atoms with E-state index in [1.165, 1.54) is 0 Å². The molecular formula is C28H28N2O2S. The molecule has 33 heavy (non-hydrogen) atoms. The van der Waals surface area contributed by atoms with Crippen molar-refractivity contribution in [2.45, 2.75) is 48.9 Å². The average Bonchev–Trinajstić information content (AvgIpc) is 3.11. The molecule has 0 saturated heterocycles. The van der Waals surface area contributed by atoms with Crippen LogP contribution in [0, 0.1) is 6.92 Å². The number of rotatable bonds is 6. The van der Waals surface area contributed by atoms with Gasteiger partial charge in [0.2, 0.25) is 5.88 Å². The SMILES string of the molecule is Cc1nn(C(C)(C)C)c(OC(=O)C(c2ccccc2)c2ccccc2)c1Sc1ccccc1. The third-order valence-electron chi connectivity index (χ3n) is 5.26. The summed E-state index contributed by atoms with van der Waals surface area (Å²) in [7, 11) is 0. The molecule has 4 nitrogen and oxygen atoms in total. The first-order chi connectivity index (χ1) is 15.8. The molecule has 0 saturated carbocycles. The first kappa shape index (κ1) is 22.9. The summed E-state index contributed by atoms with van der Waals surface area (Å²) >= 11 is 1.56. The van der Waals surface area contributed by atoms with Gasteiger partial charge in [-0.25, -0.2) is 4.68 Å². The van der Waals surface area contributed by atoms with Crippen LogP contribution in [-0.4, -0.2) is 15.7 Å². The second-order valence-electron chi connectivity index (χ2n) is 8.89. The highest BCUT2D eigenvalue weighted by Gasteiger charge is 2.31. The van der Waals surface area contributed by atoms with Crippen molar-refractivity contribution in [3.63, 3.8) is 0 Å². The zero-order chi connectivity index (χ0) is 23.4. The lowest BCUT2D eigenvalue weighted by molar-refractivity contribution is -0.135. The fraction of sp³-hybridized carbons (Fsp3) is 0.214. The molecule has 0 N–H and O–H groups in total. The minimum absolute atomic E-state index is 0.326. The van der Waals surface area contributed by atoms with Gasteiger partial charge in [0.25, 0.3) is 0 Å². The van der Waals surface area contributed by atoms with Crippen LogP contribution in [0.1, 0.15) is 43.5 Å². The summed E-state index contributed by atoms with van der Waals surface area (Å²) in [5.41, 5.74) is 2.26. The smallest absolute Gasteiger partial charge is 0.324 e. The van der Waals surface area contributed by atoms with E-state index >= 15 is 0 Å². The van der Waals surface area contributed by atoms with E-state index in [0.717, 1.165) is 26.6 Å². The zero-order valence-corrected chi connectivity index (χ0v) is 20.2. The lowest BCUT2D eigenvalue weighted by Gasteiger charge is -2.23. The molecular weight excluding hydrogens is 428 g/mol. The number of esters is 1. The Morgan fingerprint density at radius 3 is 1.82 bits per heavy atom. The van der Waals surface area contributed by atoms with Crippen molar-refractivity contribution in [2.24, 2.45) is 0 Å². The van der Waals surface area contributed by atoms with Crippen molar-refractivity contribution < 1.29 is 9.53 Å². The number of carbonyl (C=O) groups excluding carboxylic acids is 1. The highest BCUT2D eigenvalue weighted by atomic mass is 32.2. The predicted molar refractivity (Wildman–Crippen MR) is 133 cm³/mol. The van der Waals surface area contributed by atoms with Crippen LogP contribution in [0.5, 0.6) is 5.88 Å². The van der Waals surface area contributed by atoms with Gasteiger partial charge in [0.05, 0.1) is 16.1 Å². The average molecular weight is 457 g/mol. The molecule has 4 rings (SSSR count). The van der Waals surface area contributed by atoms with E-state index in [-0.39, 0.29) is 11.5 Å². The van der Waals surface area contributed by atoms with Crippen LogP contribution in [0.3, 0.4) is 0 Å². The standard InChI is InChI=1S/C28H28N2O2S/c1-20-25(33-23-18-12-7-13-19-23)26(30(29-20)28(2,3)4)32-27(31)24(21-14-8-5-9-15-21)22-16-10-6-11-17-22/h5-19,24H,1-4H3. The Labute approximate surface area is 199 Å². The lowest BCUT2D eigenvalue weighted by atomic mass is 9.91. The molecule has 3 aromatic carbocycles. The van der Waals surface area contributed by atoms with Crippen LogP contribution < -0.4 is 4.74 Å². The fourth-order valence-corrected chi connectivity index (χ4v) is 4.60. The van der Waals surface area contributed by atoms with E-state index < -0.39 is 5.92 Å². The number of carbonyl (C=O) groups is 1. The van der Waals surface area contributed by atoms with E-state index in [2.05, 4.69) is 20.8 Å². The molecule has 0 fully saturated rings. The van der Waals surface area contributed by atoms with Gasteiger partial charge in [-0.2, -0.15) is 5.10 Å². The first-order valence-corrected chi connectivity index (χ1v) is 11.8. The second-order valence-corrected chi connectivity index (χ2v) is 9.98. The van der Waals surface area contributed by atoms with Gasteiger partial charge in [-0.3, -0.25) is 4.79 Å². The molecule has 168 valence electrons. The maximum Gasteiger partial charge on any atom is 0.324 e. The molecule has 0 radical (unpaired) electrons. The first-order valence-electron chi connectivity index (χ1n) is 11.0. The van der Waals surface area contributed by atoms with Gasteiger partial charge in [-0.05, 0) is 51.0 Å². The van der Waals surface area contributed by atoms with Crippen molar-refractivity contribution in [2.75, 3.05) is 0 Å². The van der Waals surface area contributed by atoms with E-state index in [1.54, 1.807) is 11.8 Å². The fourth-order valence-electron chi connectivity index (χ4n) is 3.67. The Morgan fingerprint density at radius 1 is 0.848 bits per heavy atom. The van der Waals surface area contributed by atoms with Gasteiger partial charge in [0, 0.05) is 4.90 Å². The number of hydrogen-bond acceptors (Lipinski definition) is 4. The Kier molecular flexibility index (Phi) is 6.70. The lowest BCUT2D eigenvalue weighted by Crippen LogP contribution is -2.27. The predicted octanol–water partition coefficient (Wildman–Crippen LogP) is 6.84. The van der Waals surface area contributed by atoms with Crippen LogP contribution in [0.15, 0.2) is 101 Å². The number of ether oxygens (including phenoxy) is 1. The quantitative estimate of drug-likeness (QED) is 0.298. The van der Waals surface area contributed by atoms with Gasteiger partial charge >= 0.3 is 5.97 Å². The van der Waals surface area contributed by atoms with Gasteiger partial charge in [0.1, 0.15) is 5.92 Å². The Hall–Kier alpha value is -3.31. The van der Waals surface area contributed by atoms with Crippen molar-refractivity contribution in [3.8, 4) is 5.88 Å². The molecule has 4 aromatic rings. The monoisotopic (exact) mass is 456 g/mol. The summed E-state index contributed by atoms with van der Waals surface area (Å²) in [6, 6.07) is 29.6. The highest BCUT2D eigenvalue weighted by Crippen LogP contribution is 2.41. The minimum atomic E-state index is -0.536. The minimum Gasteiger partial charge on any atom is -0.406 e. The molecule has 0 aliphatic heterocycles. The number of nitrogens with zero attached hydrogens (tertiary/aromatic N) is 2. The summed E-state index contributed by atoms with van der Waals surface area (Å²) in [4.78, 5) is 15.6. The van der Waals surface area contributed by atoms with Crippen LogP contribution in [0.25, 0.3) is 0 Å². The molecule has 0 bridgehead atoms. The van der Waals surface area contributed by atoms with Crippen LogP contribution in [0.2, 0.25) is 0 Å². The maximum atomic E-state index is 13.7. The van der Waals surface area contributed by atoms with Crippen molar-refractivity contribution in [3.05, 3.63) is 108 Å². The van der Waals surface area contributed by atoms with Gasteiger partial charge in [-0.15, -0.1) is 0 Å². The van der Waals surface area contributed by atoms with Crippen LogP contribution in [0.4, 0.5) is 0 Å². The molecule has 0 aliphatic carbocycles. The van der Waals surface area contributed by atoms with Gasteiger partial charge in [0.15, 0.2) is 0 Å².